The molecule has 2 aliphatic carbocycles. The highest BCUT2D eigenvalue weighted by Crippen LogP contribution is 2.48. The van der Waals surface area contributed by atoms with E-state index in [1.165, 1.54) is 0 Å². The molecule has 1 aromatic rings. The van der Waals surface area contributed by atoms with Crippen LogP contribution in [0, 0.1) is 37.5 Å². The molecule has 4 atom stereocenters. The minimum absolute atomic E-state index is 0.0631. The second-order valence-electron chi connectivity index (χ2n) is 7.26. The number of aliphatic carboxylic acids is 1. The standard InChI is InChI=1S/C21H25NO5/c1-12-3-5-15(13(2)9-12)19(23)6-4-14-10-16-17(21(14)26)11-18(16)22-27-8-7-20(24)25/h3,5,9,14,17,19,21-23,26H,7-8,10-11H2,1-2H3,(H,24,25). The average Bonchev–Trinajstić information content (AvgIpc) is 2.83. The summed E-state index contributed by atoms with van der Waals surface area (Å²) < 4.78 is 0. The fraction of sp³-hybridized carbons (Fsp3) is 0.476. The van der Waals surface area contributed by atoms with Crippen LogP contribution < -0.4 is 5.48 Å². The molecule has 0 spiro atoms. The van der Waals surface area contributed by atoms with Crippen LogP contribution in [0.2, 0.25) is 0 Å². The van der Waals surface area contributed by atoms with Crippen LogP contribution >= 0.6 is 0 Å². The number of benzene rings is 1. The van der Waals surface area contributed by atoms with Gasteiger partial charge in [0.25, 0.3) is 0 Å². The van der Waals surface area contributed by atoms with Gasteiger partial charge in [0.1, 0.15) is 6.10 Å². The molecule has 0 amide bonds. The van der Waals surface area contributed by atoms with E-state index in [4.69, 9.17) is 9.94 Å². The van der Waals surface area contributed by atoms with E-state index in [0.29, 0.717) is 12.8 Å². The number of fused-ring (bicyclic) bond motifs is 1. The lowest BCUT2D eigenvalue weighted by Crippen LogP contribution is -2.32. The first-order valence-corrected chi connectivity index (χ1v) is 9.12. The van der Waals surface area contributed by atoms with Crippen molar-refractivity contribution in [1.29, 1.82) is 0 Å². The number of aryl methyl sites for hydroxylation is 2. The minimum atomic E-state index is -0.907. The Morgan fingerprint density at radius 1 is 1.37 bits per heavy atom. The van der Waals surface area contributed by atoms with Gasteiger partial charge in [0, 0.05) is 11.6 Å². The van der Waals surface area contributed by atoms with Crippen LogP contribution in [0.15, 0.2) is 29.5 Å². The van der Waals surface area contributed by atoms with Crippen molar-refractivity contribution >= 4 is 5.97 Å². The first kappa shape index (κ1) is 19.4. The maximum atomic E-state index is 10.5. The van der Waals surface area contributed by atoms with Crippen molar-refractivity contribution in [3.8, 4) is 11.8 Å². The summed E-state index contributed by atoms with van der Waals surface area (Å²) in [6.07, 6.45) is -0.193. The largest absolute Gasteiger partial charge is 0.481 e. The van der Waals surface area contributed by atoms with Gasteiger partial charge >= 0.3 is 5.97 Å². The van der Waals surface area contributed by atoms with Gasteiger partial charge < -0.3 is 15.3 Å². The van der Waals surface area contributed by atoms with Crippen molar-refractivity contribution in [1.82, 2.24) is 5.48 Å². The molecule has 3 rings (SSSR count). The molecule has 6 heteroatoms. The van der Waals surface area contributed by atoms with Crippen LogP contribution in [0.25, 0.3) is 0 Å². The zero-order valence-electron chi connectivity index (χ0n) is 15.5. The topological polar surface area (TPSA) is 99.0 Å². The molecule has 27 heavy (non-hydrogen) atoms. The fourth-order valence-corrected chi connectivity index (χ4v) is 3.72. The zero-order valence-corrected chi connectivity index (χ0v) is 15.5. The highest BCUT2D eigenvalue weighted by atomic mass is 16.6. The van der Waals surface area contributed by atoms with Crippen LogP contribution in [0.4, 0.5) is 0 Å². The van der Waals surface area contributed by atoms with Crippen molar-refractivity contribution in [2.45, 2.75) is 45.3 Å². The third-order valence-corrected chi connectivity index (χ3v) is 5.26. The summed E-state index contributed by atoms with van der Waals surface area (Å²) in [7, 11) is 0. The molecule has 0 aromatic heterocycles. The summed E-state index contributed by atoms with van der Waals surface area (Å²) in [4.78, 5) is 15.6. The van der Waals surface area contributed by atoms with Crippen LogP contribution in [-0.2, 0) is 9.63 Å². The van der Waals surface area contributed by atoms with Gasteiger partial charge in [-0.2, -0.15) is 0 Å². The monoisotopic (exact) mass is 371 g/mol. The van der Waals surface area contributed by atoms with Crippen molar-refractivity contribution in [3.63, 3.8) is 0 Å². The SMILES string of the molecule is Cc1ccc(C(O)C#CC2CC3=C(NOCCC(=O)O)CC3C2O)c(C)c1. The molecular weight excluding hydrogens is 346 g/mol. The Morgan fingerprint density at radius 3 is 2.85 bits per heavy atom. The number of aliphatic hydroxyl groups is 2. The number of rotatable bonds is 6. The molecular formula is C21H25NO5. The quantitative estimate of drug-likeness (QED) is 0.347. The van der Waals surface area contributed by atoms with Gasteiger partial charge in [-0.05, 0) is 43.4 Å². The second-order valence-corrected chi connectivity index (χ2v) is 7.26. The van der Waals surface area contributed by atoms with E-state index in [-0.39, 0.29) is 24.9 Å². The van der Waals surface area contributed by atoms with Gasteiger partial charge in [-0.3, -0.25) is 15.1 Å². The van der Waals surface area contributed by atoms with E-state index in [9.17, 15) is 15.0 Å². The highest BCUT2D eigenvalue weighted by Gasteiger charge is 2.45. The number of carbonyl (C=O) groups is 1. The smallest absolute Gasteiger partial charge is 0.305 e. The fourth-order valence-electron chi connectivity index (χ4n) is 3.72. The molecule has 1 fully saturated rings. The van der Waals surface area contributed by atoms with Crippen LogP contribution in [0.3, 0.4) is 0 Å². The van der Waals surface area contributed by atoms with Gasteiger partial charge in [0.05, 0.1) is 25.0 Å². The van der Waals surface area contributed by atoms with Gasteiger partial charge in [-0.15, -0.1) is 0 Å². The van der Waals surface area contributed by atoms with E-state index in [2.05, 4.69) is 17.3 Å². The molecule has 6 nitrogen and oxygen atoms in total. The molecule has 0 saturated heterocycles. The molecule has 0 aliphatic heterocycles. The van der Waals surface area contributed by atoms with E-state index < -0.39 is 18.2 Å². The Kier molecular flexibility index (Phi) is 5.85. The number of hydrogen-bond acceptors (Lipinski definition) is 5. The molecule has 0 radical (unpaired) electrons. The molecule has 4 N–H and O–H groups in total. The predicted octanol–water partition coefficient (Wildman–Crippen LogP) is 1.99. The number of aliphatic hydroxyl groups excluding tert-OH is 2. The third kappa shape index (κ3) is 4.33. The van der Waals surface area contributed by atoms with Crippen molar-refractivity contribution < 1.29 is 25.0 Å². The minimum Gasteiger partial charge on any atom is -0.481 e. The normalized spacial score (nSPS) is 24.5. The van der Waals surface area contributed by atoms with Crippen molar-refractivity contribution in [2.24, 2.45) is 11.8 Å². The molecule has 4 unspecified atom stereocenters. The number of hydrogen-bond donors (Lipinski definition) is 4. The summed E-state index contributed by atoms with van der Waals surface area (Å²) in [6.45, 7) is 4.04. The Balaban J connectivity index is 1.60. The van der Waals surface area contributed by atoms with E-state index in [1.54, 1.807) is 0 Å². The average molecular weight is 371 g/mol. The number of carboxylic acids is 1. The van der Waals surface area contributed by atoms with Crippen molar-refractivity contribution in [2.75, 3.05) is 6.61 Å². The predicted molar refractivity (Wildman–Crippen MR) is 99.2 cm³/mol. The molecule has 0 heterocycles. The Bertz CT molecular complexity index is 820. The molecule has 144 valence electrons. The highest BCUT2D eigenvalue weighted by molar-refractivity contribution is 5.66. The number of allylic oxidation sites excluding steroid dienone is 1. The lowest BCUT2D eigenvalue weighted by Gasteiger charge is -2.30. The van der Waals surface area contributed by atoms with Crippen LogP contribution in [0.1, 0.15) is 42.1 Å². The summed E-state index contributed by atoms with van der Waals surface area (Å²) in [5, 5.41) is 29.4. The van der Waals surface area contributed by atoms with Gasteiger partial charge in [-0.25, -0.2) is 0 Å². The zero-order chi connectivity index (χ0) is 19.6. The van der Waals surface area contributed by atoms with Crippen molar-refractivity contribution in [3.05, 3.63) is 46.2 Å². The summed E-state index contributed by atoms with van der Waals surface area (Å²) in [5.74, 6) is 4.87. The third-order valence-electron chi connectivity index (χ3n) is 5.26. The maximum Gasteiger partial charge on any atom is 0.305 e. The number of nitrogens with one attached hydrogen (secondary N) is 1. The first-order valence-electron chi connectivity index (χ1n) is 9.12. The molecule has 2 aliphatic rings. The lowest BCUT2D eigenvalue weighted by atomic mass is 9.83. The van der Waals surface area contributed by atoms with Gasteiger partial charge in [0.2, 0.25) is 0 Å². The van der Waals surface area contributed by atoms with Gasteiger partial charge in [0.15, 0.2) is 0 Å². The Labute approximate surface area is 158 Å². The van der Waals surface area contributed by atoms with E-state index in [0.717, 1.165) is 28.0 Å². The number of hydroxylamine groups is 1. The Morgan fingerprint density at radius 2 is 2.15 bits per heavy atom. The number of carboxylic acid groups (broad SMARTS) is 1. The first-order chi connectivity index (χ1) is 12.9. The lowest BCUT2D eigenvalue weighted by molar-refractivity contribution is -0.138. The second kappa shape index (κ2) is 8.13. The maximum absolute atomic E-state index is 10.5. The summed E-state index contributed by atoms with van der Waals surface area (Å²) >= 11 is 0. The molecule has 1 saturated carbocycles. The summed E-state index contributed by atoms with van der Waals surface area (Å²) in [6, 6.07) is 5.85. The Hall–Kier alpha value is -2.33. The molecule has 0 bridgehead atoms. The van der Waals surface area contributed by atoms with Crippen LogP contribution in [0.5, 0.6) is 0 Å². The van der Waals surface area contributed by atoms with E-state index >= 15 is 0 Å². The van der Waals surface area contributed by atoms with E-state index in [1.807, 2.05) is 32.0 Å². The summed E-state index contributed by atoms with van der Waals surface area (Å²) in [5.41, 5.74) is 7.71. The molecule has 1 aromatic carbocycles. The van der Waals surface area contributed by atoms with Gasteiger partial charge in [-0.1, -0.05) is 35.6 Å². The van der Waals surface area contributed by atoms with Crippen LogP contribution in [-0.4, -0.2) is 34.0 Å².